The Labute approximate surface area is 401 Å². The minimum absolute atomic E-state index is 0.0710. The van der Waals surface area contributed by atoms with Crippen LogP contribution in [0.2, 0.25) is 0 Å². The van der Waals surface area contributed by atoms with E-state index in [1.54, 1.807) is 6.08 Å². The summed E-state index contributed by atoms with van der Waals surface area (Å²) in [6, 6.07) is -0.636. The van der Waals surface area contributed by atoms with Crippen LogP contribution in [0.25, 0.3) is 0 Å². The maximum absolute atomic E-state index is 12.4. The van der Waals surface area contributed by atoms with E-state index in [9.17, 15) is 15.0 Å². The van der Waals surface area contributed by atoms with Crippen molar-refractivity contribution < 1.29 is 15.0 Å². The maximum atomic E-state index is 12.4. The Morgan fingerprint density at radius 1 is 0.375 bits per heavy atom. The molecule has 0 bridgehead atoms. The summed E-state index contributed by atoms with van der Waals surface area (Å²) in [6.45, 7) is 4.27. The molecule has 0 heterocycles. The van der Waals surface area contributed by atoms with Gasteiger partial charge in [-0.1, -0.05) is 287 Å². The van der Waals surface area contributed by atoms with Crippen molar-refractivity contribution in [2.75, 3.05) is 6.61 Å². The normalized spacial score (nSPS) is 13.1. The number of rotatable bonds is 53. The molecule has 0 saturated heterocycles. The number of hydrogen-bond acceptors (Lipinski definition) is 3. The predicted octanol–water partition coefficient (Wildman–Crippen LogP) is 19.0. The number of amides is 1. The van der Waals surface area contributed by atoms with Crippen LogP contribution in [0, 0.1) is 0 Å². The molecular formula is C60H113NO3. The van der Waals surface area contributed by atoms with E-state index in [-0.39, 0.29) is 12.5 Å². The molecular weight excluding hydrogens is 783 g/mol. The average Bonchev–Trinajstić information content (AvgIpc) is 3.30. The predicted molar refractivity (Wildman–Crippen MR) is 285 cm³/mol. The summed E-state index contributed by atoms with van der Waals surface area (Å²) in [5.74, 6) is -0.0710. The second-order valence-electron chi connectivity index (χ2n) is 19.7. The molecule has 2 unspecified atom stereocenters. The first-order chi connectivity index (χ1) is 31.7. The van der Waals surface area contributed by atoms with Gasteiger partial charge in [-0.15, -0.1) is 0 Å². The van der Waals surface area contributed by atoms with Crippen molar-refractivity contribution in [2.24, 2.45) is 0 Å². The smallest absolute Gasteiger partial charge is 0.220 e. The van der Waals surface area contributed by atoms with E-state index >= 15 is 0 Å². The lowest BCUT2D eigenvalue weighted by molar-refractivity contribution is -0.123. The van der Waals surface area contributed by atoms with Crippen LogP contribution in [0.1, 0.15) is 309 Å². The summed E-state index contributed by atoms with van der Waals surface area (Å²) in [4.78, 5) is 12.4. The van der Waals surface area contributed by atoms with Crippen LogP contribution in [0.3, 0.4) is 0 Å². The van der Waals surface area contributed by atoms with Gasteiger partial charge in [0.25, 0.3) is 0 Å². The topological polar surface area (TPSA) is 69.6 Å². The van der Waals surface area contributed by atoms with Crippen molar-refractivity contribution in [3.8, 4) is 0 Å². The summed E-state index contributed by atoms with van der Waals surface area (Å²) in [5.41, 5.74) is 0. The number of unbranched alkanes of at least 4 members (excludes halogenated alkanes) is 40. The van der Waals surface area contributed by atoms with Crippen LogP contribution >= 0.6 is 0 Å². The zero-order valence-corrected chi connectivity index (χ0v) is 43.3. The third-order valence-electron chi connectivity index (χ3n) is 13.3. The molecule has 4 nitrogen and oxygen atoms in total. The molecule has 0 rings (SSSR count). The molecule has 0 aliphatic carbocycles. The van der Waals surface area contributed by atoms with E-state index < -0.39 is 12.1 Å². The van der Waals surface area contributed by atoms with Gasteiger partial charge >= 0.3 is 0 Å². The highest BCUT2D eigenvalue weighted by molar-refractivity contribution is 5.76. The van der Waals surface area contributed by atoms with Gasteiger partial charge in [0.05, 0.1) is 18.8 Å². The minimum Gasteiger partial charge on any atom is -0.394 e. The SMILES string of the molecule is CCCCCCC/C=C\C/C=C\CCCCCCCCCCCCCCCCCCCCCCCCCCCCCCCC(=O)NC(CO)C(O)/C=C/CC/C=C/CCCCCCC. The van der Waals surface area contributed by atoms with Gasteiger partial charge in [-0.05, 0) is 64.2 Å². The van der Waals surface area contributed by atoms with Gasteiger partial charge in [-0.3, -0.25) is 4.79 Å². The molecule has 0 aromatic carbocycles. The number of aliphatic hydroxyl groups excluding tert-OH is 2. The van der Waals surface area contributed by atoms with Crippen LogP contribution in [0.5, 0.6) is 0 Å². The van der Waals surface area contributed by atoms with Crippen LogP contribution in [0.4, 0.5) is 0 Å². The molecule has 0 aromatic rings. The number of nitrogens with one attached hydrogen (secondary N) is 1. The molecule has 0 fully saturated rings. The quantitative estimate of drug-likeness (QED) is 0.0421. The van der Waals surface area contributed by atoms with E-state index in [4.69, 9.17) is 0 Å². The van der Waals surface area contributed by atoms with Gasteiger partial charge in [0.15, 0.2) is 0 Å². The summed E-state index contributed by atoms with van der Waals surface area (Å²) in [5, 5.41) is 23.0. The van der Waals surface area contributed by atoms with Gasteiger partial charge in [-0.2, -0.15) is 0 Å². The third-order valence-corrected chi connectivity index (χ3v) is 13.3. The number of hydrogen-bond donors (Lipinski definition) is 3. The molecule has 0 radical (unpaired) electrons. The van der Waals surface area contributed by atoms with E-state index in [0.717, 1.165) is 38.5 Å². The number of aliphatic hydroxyl groups is 2. The Morgan fingerprint density at radius 3 is 1.00 bits per heavy atom. The summed E-state index contributed by atoms with van der Waals surface area (Å²) in [6.07, 6.45) is 77.4. The van der Waals surface area contributed by atoms with E-state index in [1.807, 2.05) is 6.08 Å². The fraction of sp³-hybridized carbons (Fsp3) is 0.850. The molecule has 0 spiro atoms. The summed E-state index contributed by atoms with van der Waals surface area (Å²) in [7, 11) is 0. The molecule has 0 aliphatic rings. The Balaban J connectivity index is 3.35. The molecule has 1 amide bonds. The van der Waals surface area contributed by atoms with Gasteiger partial charge in [0.2, 0.25) is 5.91 Å². The van der Waals surface area contributed by atoms with Crippen LogP contribution in [-0.4, -0.2) is 34.9 Å². The standard InChI is InChI=1S/C60H113NO3/c1-3-5-7-9-11-13-15-16-17-18-19-20-21-22-23-24-25-26-27-28-29-30-31-32-33-34-35-36-37-38-39-40-41-42-43-44-46-48-50-52-54-56-60(64)61-58(57-62)59(63)55-53-51-49-47-45-14-12-10-8-6-4-2/h15-16,18-19,45,47,53,55,58-59,62-63H,3-14,17,20-44,46,48-52,54,56-57H2,1-2H3,(H,61,64)/b16-15-,19-18-,47-45+,55-53+. The van der Waals surface area contributed by atoms with Crippen LogP contribution in [0.15, 0.2) is 48.6 Å². The second-order valence-corrected chi connectivity index (χ2v) is 19.7. The molecule has 64 heavy (non-hydrogen) atoms. The monoisotopic (exact) mass is 896 g/mol. The van der Waals surface area contributed by atoms with Crippen LogP contribution in [-0.2, 0) is 4.79 Å². The van der Waals surface area contributed by atoms with E-state index in [1.165, 1.54) is 250 Å². The Hall–Kier alpha value is -1.65. The van der Waals surface area contributed by atoms with E-state index in [0.29, 0.717) is 6.42 Å². The molecule has 4 heteroatoms. The highest BCUT2D eigenvalue weighted by Crippen LogP contribution is 2.17. The first-order valence-corrected chi connectivity index (χ1v) is 28.9. The second kappa shape index (κ2) is 55.7. The van der Waals surface area contributed by atoms with Crippen molar-refractivity contribution in [3.05, 3.63) is 48.6 Å². The minimum atomic E-state index is -0.859. The zero-order valence-electron chi connectivity index (χ0n) is 43.3. The molecule has 0 saturated carbocycles. The molecule has 376 valence electrons. The van der Waals surface area contributed by atoms with Gasteiger partial charge < -0.3 is 15.5 Å². The Kier molecular flexibility index (Phi) is 54.2. The van der Waals surface area contributed by atoms with Gasteiger partial charge in [0.1, 0.15) is 0 Å². The Morgan fingerprint density at radius 2 is 0.656 bits per heavy atom. The van der Waals surface area contributed by atoms with Crippen molar-refractivity contribution in [1.82, 2.24) is 5.32 Å². The zero-order chi connectivity index (χ0) is 46.3. The maximum Gasteiger partial charge on any atom is 0.220 e. The largest absolute Gasteiger partial charge is 0.394 e. The number of carbonyl (C=O) groups is 1. The summed E-state index contributed by atoms with van der Waals surface area (Å²) >= 11 is 0. The molecule has 0 aromatic heterocycles. The summed E-state index contributed by atoms with van der Waals surface area (Å²) < 4.78 is 0. The van der Waals surface area contributed by atoms with E-state index in [2.05, 4.69) is 55.6 Å². The Bertz CT molecular complexity index is 1020. The third kappa shape index (κ3) is 51.3. The molecule has 0 aliphatic heterocycles. The highest BCUT2D eigenvalue weighted by atomic mass is 16.3. The van der Waals surface area contributed by atoms with Gasteiger partial charge in [-0.25, -0.2) is 0 Å². The first-order valence-electron chi connectivity index (χ1n) is 28.9. The van der Waals surface area contributed by atoms with Crippen molar-refractivity contribution in [3.63, 3.8) is 0 Å². The lowest BCUT2D eigenvalue weighted by Gasteiger charge is -2.19. The lowest BCUT2D eigenvalue weighted by Crippen LogP contribution is -2.45. The number of allylic oxidation sites excluding steroid dienone is 7. The lowest BCUT2D eigenvalue weighted by atomic mass is 10.0. The van der Waals surface area contributed by atoms with Crippen molar-refractivity contribution in [1.29, 1.82) is 0 Å². The van der Waals surface area contributed by atoms with Crippen molar-refractivity contribution >= 4 is 5.91 Å². The first kappa shape index (κ1) is 62.4. The van der Waals surface area contributed by atoms with Crippen molar-refractivity contribution in [2.45, 2.75) is 321 Å². The average molecular weight is 897 g/mol. The van der Waals surface area contributed by atoms with Gasteiger partial charge in [0, 0.05) is 6.42 Å². The molecule has 2 atom stereocenters. The fourth-order valence-electron chi connectivity index (χ4n) is 8.87. The fourth-order valence-corrected chi connectivity index (χ4v) is 8.87. The highest BCUT2D eigenvalue weighted by Gasteiger charge is 2.18. The molecule has 3 N–H and O–H groups in total. The number of carbonyl (C=O) groups excluding carboxylic acids is 1. The van der Waals surface area contributed by atoms with Crippen LogP contribution < -0.4 is 5.32 Å².